The fraction of sp³-hybridized carbons (Fsp3) is 0.600. The van der Waals surface area contributed by atoms with Crippen LogP contribution in [-0.4, -0.2) is 69.0 Å². The van der Waals surface area contributed by atoms with Crippen molar-refractivity contribution in [2.45, 2.75) is 35.5 Å². The molecule has 2 aromatic rings. The van der Waals surface area contributed by atoms with Crippen molar-refractivity contribution in [1.29, 1.82) is 0 Å². The summed E-state index contributed by atoms with van der Waals surface area (Å²) in [5.41, 5.74) is 0.414. The lowest BCUT2D eigenvalue weighted by atomic mass is 10.0. The Bertz CT molecular complexity index is 977. The molecular formula is C20H28FIN4O4S. The van der Waals surface area contributed by atoms with Crippen LogP contribution in [-0.2, 0) is 15.6 Å². The zero-order valence-electron chi connectivity index (χ0n) is 17.9. The molecule has 0 radical (unpaired) electrons. The first kappa shape index (κ1) is 24.2. The molecule has 1 aromatic heterocycles. The lowest BCUT2D eigenvalue weighted by Crippen LogP contribution is -2.44. The molecule has 0 amide bonds. The Morgan fingerprint density at radius 1 is 1.39 bits per heavy atom. The number of piperidine rings is 1. The summed E-state index contributed by atoms with van der Waals surface area (Å²) in [6.07, 6.45) is 3.05. The number of anilines is 1. The molecule has 1 aliphatic rings. The third-order valence-corrected chi connectivity index (χ3v) is 6.69. The molecule has 3 rings (SSSR count). The molecule has 1 aromatic carbocycles. The SMILES string of the molecule is CC(I)c1noc(N2CCC(N(C)CCOc3ccc(CS(C)(=O)=O)cc3F)CC2)n1. The minimum absolute atomic E-state index is 0.136. The molecule has 8 nitrogen and oxygen atoms in total. The van der Waals surface area contributed by atoms with Crippen LogP contribution in [0.5, 0.6) is 5.75 Å². The van der Waals surface area contributed by atoms with Gasteiger partial charge in [0.1, 0.15) is 6.61 Å². The van der Waals surface area contributed by atoms with E-state index in [-0.39, 0.29) is 15.4 Å². The molecule has 1 fully saturated rings. The Labute approximate surface area is 196 Å². The highest BCUT2D eigenvalue weighted by atomic mass is 127. The van der Waals surface area contributed by atoms with Crippen LogP contribution in [0, 0.1) is 5.82 Å². The largest absolute Gasteiger partial charge is 0.489 e. The second kappa shape index (κ2) is 10.4. The number of hydrogen-bond acceptors (Lipinski definition) is 8. The first-order valence-electron chi connectivity index (χ1n) is 10.1. The fourth-order valence-corrected chi connectivity index (χ4v) is 4.59. The first-order chi connectivity index (χ1) is 14.6. The van der Waals surface area contributed by atoms with Crippen molar-refractivity contribution in [2.24, 2.45) is 0 Å². The average Bonchev–Trinajstić information content (AvgIpc) is 3.19. The number of ether oxygens (including phenoxy) is 1. The molecule has 2 heterocycles. The predicted octanol–water partition coefficient (Wildman–Crippen LogP) is 3.23. The van der Waals surface area contributed by atoms with Gasteiger partial charge in [0.25, 0.3) is 0 Å². The zero-order chi connectivity index (χ0) is 22.6. The minimum atomic E-state index is -3.20. The van der Waals surface area contributed by atoms with Gasteiger partial charge in [-0.2, -0.15) is 4.98 Å². The molecule has 11 heteroatoms. The molecule has 1 atom stereocenters. The third kappa shape index (κ3) is 7.01. The number of alkyl halides is 1. The van der Waals surface area contributed by atoms with Crippen molar-refractivity contribution in [2.75, 3.05) is 44.4 Å². The van der Waals surface area contributed by atoms with Crippen molar-refractivity contribution in [1.82, 2.24) is 15.0 Å². The maximum atomic E-state index is 14.2. The Balaban J connectivity index is 1.44. The molecule has 0 aliphatic carbocycles. The Morgan fingerprint density at radius 2 is 2.10 bits per heavy atom. The molecule has 1 saturated heterocycles. The fourth-order valence-electron chi connectivity index (χ4n) is 3.55. The quantitative estimate of drug-likeness (QED) is 0.338. The number of hydrogen-bond donors (Lipinski definition) is 0. The predicted molar refractivity (Wildman–Crippen MR) is 125 cm³/mol. The summed E-state index contributed by atoms with van der Waals surface area (Å²) in [5.74, 6) is 0.116. The van der Waals surface area contributed by atoms with E-state index in [1.807, 2.05) is 14.0 Å². The lowest BCUT2D eigenvalue weighted by molar-refractivity contribution is 0.166. The number of sulfone groups is 1. The lowest BCUT2D eigenvalue weighted by Gasteiger charge is -2.35. The van der Waals surface area contributed by atoms with Crippen LogP contribution in [0.2, 0.25) is 0 Å². The van der Waals surface area contributed by atoms with Crippen molar-refractivity contribution in [3.05, 3.63) is 35.4 Å². The van der Waals surface area contributed by atoms with Gasteiger partial charge in [-0.3, -0.25) is 4.90 Å². The van der Waals surface area contributed by atoms with Crippen LogP contribution in [0.1, 0.15) is 35.1 Å². The van der Waals surface area contributed by atoms with Crippen LogP contribution in [0.3, 0.4) is 0 Å². The van der Waals surface area contributed by atoms with Gasteiger partial charge in [-0.1, -0.05) is 33.8 Å². The van der Waals surface area contributed by atoms with E-state index in [1.54, 1.807) is 6.07 Å². The van der Waals surface area contributed by atoms with Gasteiger partial charge in [0, 0.05) is 31.9 Å². The summed E-state index contributed by atoms with van der Waals surface area (Å²) in [4.78, 5) is 8.80. The summed E-state index contributed by atoms with van der Waals surface area (Å²) in [5, 5.41) is 4.02. The Hall–Kier alpha value is -1.47. The topological polar surface area (TPSA) is 88.8 Å². The molecule has 1 unspecified atom stereocenters. The van der Waals surface area contributed by atoms with E-state index in [2.05, 4.69) is 42.5 Å². The molecular weight excluding hydrogens is 538 g/mol. The smallest absolute Gasteiger partial charge is 0.324 e. The summed E-state index contributed by atoms with van der Waals surface area (Å²) in [6, 6.07) is 5.27. The highest BCUT2D eigenvalue weighted by Gasteiger charge is 2.26. The zero-order valence-corrected chi connectivity index (χ0v) is 20.9. The van der Waals surface area contributed by atoms with E-state index in [0.29, 0.717) is 36.6 Å². The van der Waals surface area contributed by atoms with Gasteiger partial charge in [0.2, 0.25) is 0 Å². The number of halogens is 2. The van der Waals surface area contributed by atoms with E-state index in [1.165, 1.54) is 12.1 Å². The molecule has 31 heavy (non-hydrogen) atoms. The first-order valence-corrected chi connectivity index (χ1v) is 13.4. The summed E-state index contributed by atoms with van der Waals surface area (Å²) >= 11 is 2.26. The highest BCUT2D eigenvalue weighted by Crippen LogP contribution is 2.25. The summed E-state index contributed by atoms with van der Waals surface area (Å²) < 4.78 is 48.1. The average molecular weight is 566 g/mol. The molecule has 0 saturated carbocycles. The van der Waals surface area contributed by atoms with Crippen LogP contribution in [0.4, 0.5) is 10.4 Å². The Morgan fingerprint density at radius 3 is 2.68 bits per heavy atom. The number of likely N-dealkylation sites (N-methyl/N-ethyl adjacent to an activating group) is 1. The molecule has 1 aliphatic heterocycles. The van der Waals surface area contributed by atoms with Crippen LogP contribution < -0.4 is 9.64 Å². The van der Waals surface area contributed by atoms with Crippen LogP contribution >= 0.6 is 22.6 Å². The van der Waals surface area contributed by atoms with E-state index in [4.69, 9.17) is 9.26 Å². The molecule has 0 spiro atoms. The van der Waals surface area contributed by atoms with Gasteiger partial charge in [0.15, 0.2) is 27.2 Å². The number of nitrogens with zero attached hydrogens (tertiary/aromatic N) is 4. The second-order valence-electron chi connectivity index (χ2n) is 7.93. The number of rotatable bonds is 9. The van der Waals surface area contributed by atoms with E-state index in [0.717, 1.165) is 32.2 Å². The van der Waals surface area contributed by atoms with Crippen molar-refractivity contribution >= 4 is 38.4 Å². The van der Waals surface area contributed by atoms with Gasteiger partial charge in [-0.05, 0) is 44.5 Å². The minimum Gasteiger partial charge on any atom is -0.489 e. The van der Waals surface area contributed by atoms with Gasteiger partial charge in [-0.15, -0.1) is 0 Å². The van der Waals surface area contributed by atoms with Crippen molar-refractivity contribution < 1.29 is 22.1 Å². The highest BCUT2D eigenvalue weighted by molar-refractivity contribution is 14.1. The van der Waals surface area contributed by atoms with Crippen LogP contribution in [0.15, 0.2) is 22.7 Å². The maximum Gasteiger partial charge on any atom is 0.324 e. The Kier molecular flexibility index (Phi) is 8.14. The normalized spacial score (nSPS) is 16.6. The second-order valence-corrected chi connectivity index (χ2v) is 11.9. The summed E-state index contributed by atoms with van der Waals surface area (Å²) in [7, 11) is -1.16. The van der Waals surface area contributed by atoms with Crippen molar-refractivity contribution in [3.8, 4) is 5.75 Å². The monoisotopic (exact) mass is 566 g/mol. The van der Waals surface area contributed by atoms with Gasteiger partial charge < -0.3 is 14.2 Å². The van der Waals surface area contributed by atoms with Gasteiger partial charge >= 0.3 is 6.01 Å². The van der Waals surface area contributed by atoms with Crippen LogP contribution in [0.25, 0.3) is 0 Å². The standard InChI is InChI=1S/C20H28FIN4O4S/c1-14(22)19-23-20(30-24-19)26-8-6-16(7-9-26)25(2)10-11-29-18-5-4-15(12-17(18)21)13-31(3,27)28/h4-5,12,14,16H,6-11,13H2,1-3H3. The van der Waals surface area contributed by atoms with Gasteiger partial charge in [-0.25, -0.2) is 12.8 Å². The van der Waals surface area contributed by atoms with E-state index < -0.39 is 15.7 Å². The summed E-state index contributed by atoms with van der Waals surface area (Å²) in [6.45, 7) is 4.70. The number of benzene rings is 1. The number of aromatic nitrogens is 2. The van der Waals surface area contributed by atoms with Crippen molar-refractivity contribution in [3.63, 3.8) is 0 Å². The van der Waals surface area contributed by atoms with E-state index in [9.17, 15) is 12.8 Å². The maximum absolute atomic E-state index is 14.2. The van der Waals surface area contributed by atoms with E-state index >= 15 is 0 Å². The molecule has 0 bridgehead atoms. The molecule has 0 N–H and O–H groups in total. The molecule has 172 valence electrons. The van der Waals surface area contributed by atoms with Gasteiger partial charge in [0.05, 0.1) is 9.68 Å². The third-order valence-electron chi connectivity index (χ3n) is 5.27.